The second-order valence-electron chi connectivity index (χ2n) is 3.48. The number of benzene rings is 1. The van der Waals surface area contributed by atoms with Crippen molar-refractivity contribution in [1.82, 2.24) is 0 Å². The van der Waals surface area contributed by atoms with Gasteiger partial charge in [-0.05, 0) is 35.1 Å². The minimum Gasteiger partial charge on any atom is -0.0620 e. The summed E-state index contributed by atoms with van der Waals surface area (Å²) in [5, 5.41) is 0. The molecule has 0 nitrogen and oxygen atoms in total. The van der Waals surface area contributed by atoms with Crippen LogP contribution in [0.2, 0.25) is 0 Å². The Balaban J connectivity index is 2.23. The Morgan fingerprint density at radius 3 is 2.09 bits per heavy atom. The number of hydrogen-bond acceptors (Lipinski definition) is 0. The monoisotopic (exact) mass is 158 g/mol. The predicted octanol–water partition coefficient (Wildman–Crippen LogP) is 2.28. The summed E-state index contributed by atoms with van der Waals surface area (Å²) in [7, 11) is 1.20. The van der Waals surface area contributed by atoms with Gasteiger partial charge in [0.2, 0.25) is 0 Å². The third-order valence-electron chi connectivity index (χ3n) is 2.89. The smallest absolute Gasteiger partial charge is 0.0564 e. The van der Waals surface area contributed by atoms with E-state index in [1.165, 1.54) is 22.4 Å². The van der Waals surface area contributed by atoms with Gasteiger partial charge < -0.3 is 0 Å². The van der Waals surface area contributed by atoms with Crippen LogP contribution < -0.4 is 0 Å². The Kier molecular flexibility index (Phi) is 1.08. The summed E-state index contributed by atoms with van der Waals surface area (Å²) in [6.45, 7) is 0. The zero-order valence-corrected chi connectivity index (χ0v) is 7.38. The molecular formula is C10H10Si. The van der Waals surface area contributed by atoms with Gasteiger partial charge in [0.05, 0.1) is 9.52 Å². The predicted molar refractivity (Wildman–Crippen MR) is 46.9 cm³/mol. The van der Waals surface area contributed by atoms with Gasteiger partial charge in [-0.2, -0.15) is 0 Å². The van der Waals surface area contributed by atoms with E-state index in [2.05, 4.69) is 24.3 Å². The molecule has 2 unspecified atom stereocenters. The Bertz CT molecular complexity index is 264. The summed E-state index contributed by atoms with van der Waals surface area (Å²) < 4.78 is 0. The van der Waals surface area contributed by atoms with E-state index in [-0.39, 0.29) is 0 Å². The van der Waals surface area contributed by atoms with Gasteiger partial charge in [-0.15, -0.1) is 0 Å². The lowest BCUT2D eigenvalue weighted by Crippen LogP contribution is -1.95. The van der Waals surface area contributed by atoms with Gasteiger partial charge in [0.25, 0.3) is 0 Å². The van der Waals surface area contributed by atoms with E-state index < -0.39 is 0 Å². The average Bonchev–Trinajstić information content (AvgIpc) is 2.64. The van der Waals surface area contributed by atoms with Crippen LogP contribution in [0.15, 0.2) is 24.3 Å². The molecule has 3 rings (SSSR count). The van der Waals surface area contributed by atoms with Gasteiger partial charge in [0.15, 0.2) is 0 Å². The van der Waals surface area contributed by atoms with Crippen LogP contribution in [0.5, 0.6) is 0 Å². The van der Waals surface area contributed by atoms with Crippen molar-refractivity contribution in [3.8, 4) is 0 Å². The van der Waals surface area contributed by atoms with E-state index in [1.807, 2.05) is 0 Å². The lowest BCUT2D eigenvalue weighted by atomic mass is 9.92. The Labute approximate surface area is 69.5 Å². The van der Waals surface area contributed by atoms with Gasteiger partial charge in [-0.1, -0.05) is 24.3 Å². The first-order valence-corrected chi connectivity index (χ1v) is 5.45. The lowest BCUT2D eigenvalue weighted by molar-refractivity contribution is 0.717. The fourth-order valence-electron chi connectivity index (χ4n) is 2.38. The third kappa shape index (κ3) is 0.693. The van der Waals surface area contributed by atoms with Crippen molar-refractivity contribution >= 4 is 9.52 Å². The highest BCUT2D eigenvalue weighted by Gasteiger charge is 2.36. The van der Waals surface area contributed by atoms with Crippen LogP contribution in [0, 0.1) is 0 Å². The molecule has 2 radical (unpaired) electrons. The highest BCUT2D eigenvalue weighted by molar-refractivity contribution is 6.43. The van der Waals surface area contributed by atoms with E-state index in [4.69, 9.17) is 0 Å². The first-order chi connectivity index (χ1) is 5.45. The summed E-state index contributed by atoms with van der Waals surface area (Å²) in [6, 6.07) is 9.02. The van der Waals surface area contributed by atoms with Crippen LogP contribution in [0.1, 0.15) is 35.1 Å². The number of hydrogen-bond donors (Lipinski definition) is 0. The summed E-state index contributed by atoms with van der Waals surface area (Å²) in [5.41, 5.74) is 5.25. The molecule has 0 amide bonds. The van der Waals surface area contributed by atoms with Crippen LogP contribution in [-0.2, 0) is 0 Å². The molecule has 0 spiro atoms. The van der Waals surface area contributed by atoms with Crippen molar-refractivity contribution in [2.45, 2.75) is 23.9 Å². The summed E-state index contributed by atoms with van der Waals surface area (Å²) in [5.74, 6) is 0. The molecule has 2 aliphatic rings. The van der Waals surface area contributed by atoms with Crippen molar-refractivity contribution < 1.29 is 0 Å². The maximum Gasteiger partial charge on any atom is 0.0564 e. The largest absolute Gasteiger partial charge is 0.0620 e. The van der Waals surface area contributed by atoms with E-state index in [0.29, 0.717) is 0 Å². The molecular weight excluding hydrogens is 148 g/mol. The third-order valence-corrected chi connectivity index (χ3v) is 4.90. The first-order valence-electron chi connectivity index (χ1n) is 4.30. The van der Waals surface area contributed by atoms with Crippen LogP contribution in [0.25, 0.3) is 0 Å². The molecule has 54 valence electrons. The second-order valence-corrected chi connectivity index (χ2v) is 5.21. The summed E-state index contributed by atoms with van der Waals surface area (Å²) in [4.78, 5) is 0. The van der Waals surface area contributed by atoms with Crippen molar-refractivity contribution in [3.05, 3.63) is 35.4 Å². The Hall–Kier alpha value is -0.563. The zero-order chi connectivity index (χ0) is 7.26. The molecule has 2 bridgehead atoms. The molecule has 2 aliphatic heterocycles. The van der Waals surface area contributed by atoms with E-state index in [1.54, 1.807) is 11.1 Å². The fourth-order valence-corrected chi connectivity index (χ4v) is 4.42. The SMILES string of the molecule is c1ccc2c(c1)C1CCC2[Si]1. The van der Waals surface area contributed by atoms with Crippen LogP contribution >= 0.6 is 0 Å². The summed E-state index contributed by atoms with van der Waals surface area (Å²) >= 11 is 0. The average molecular weight is 158 g/mol. The maximum absolute atomic E-state index is 2.33. The van der Waals surface area contributed by atoms with Gasteiger partial charge >= 0.3 is 0 Å². The molecule has 2 heterocycles. The van der Waals surface area contributed by atoms with E-state index in [9.17, 15) is 0 Å². The number of fused-ring (bicyclic) bond motifs is 5. The fraction of sp³-hybridized carbons (Fsp3) is 0.400. The van der Waals surface area contributed by atoms with Crippen molar-refractivity contribution in [3.63, 3.8) is 0 Å². The molecule has 2 atom stereocenters. The van der Waals surface area contributed by atoms with Crippen molar-refractivity contribution in [2.75, 3.05) is 0 Å². The van der Waals surface area contributed by atoms with E-state index in [0.717, 1.165) is 11.1 Å². The number of rotatable bonds is 0. The molecule has 11 heavy (non-hydrogen) atoms. The molecule has 1 fully saturated rings. The normalized spacial score (nSPS) is 32.4. The molecule has 0 aromatic heterocycles. The molecule has 0 aliphatic carbocycles. The highest BCUT2D eigenvalue weighted by Crippen LogP contribution is 2.46. The highest BCUT2D eigenvalue weighted by atomic mass is 28.2. The Morgan fingerprint density at radius 1 is 1.00 bits per heavy atom. The molecule has 1 aromatic carbocycles. The topological polar surface area (TPSA) is 0 Å². The van der Waals surface area contributed by atoms with Crippen molar-refractivity contribution in [1.29, 1.82) is 0 Å². The lowest BCUT2D eigenvalue weighted by Gasteiger charge is -2.13. The standard InChI is InChI=1S/C10H10Si/c1-2-4-8-7(3-1)9-5-6-10(8)11-9/h1-4,9-10H,5-6H2. The second kappa shape index (κ2) is 1.98. The quantitative estimate of drug-likeness (QED) is 0.508. The molecule has 0 N–H and O–H groups in total. The molecule has 1 saturated heterocycles. The minimum absolute atomic E-state index is 0.955. The van der Waals surface area contributed by atoms with Crippen LogP contribution in [-0.4, -0.2) is 9.52 Å². The van der Waals surface area contributed by atoms with Gasteiger partial charge in [-0.25, -0.2) is 0 Å². The van der Waals surface area contributed by atoms with Crippen LogP contribution in [0.3, 0.4) is 0 Å². The molecule has 0 saturated carbocycles. The van der Waals surface area contributed by atoms with Crippen LogP contribution in [0.4, 0.5) is 0 Å². The minimum atomic E-state index is 0.955. The maximum atomic E-state index is 2.33. The van der Waals surface area contributed by atoms with Gasteiger partial charge in [-0.3, -0.25) is 0 Å². The van der Waals surface area contributed by atoms with Gasteiger partial charge in [0.1, 0.15) is 0 Å². The molecule has 1 aromatic rings. The molecule has 1 heteroatoms. The zero-order valence-electron chi connectivity index (χ0n) is 6.38. The van der Waals surface area contributed by atoms with Crippen molar-refractivity contribution in [2.24, 2.45) is 0 Å². The van der Waals surface area contributed by atoms with E-state index >= 15 is 0 Å². The Morgan fingerprint density at radius 2 is 1.55 bits per heavy atom. The summed E-state index contributed by atoms with van der Waals surface area (Å²) in [6.07, 6.45) is 2.92. The first kappa shape index (κ1) is 6.01. The van der Waals surface area contributed by atoms with Gasteiger partial charge in [0, 0.05) is 0 Å².